The van der Waals surface area contributed by atoms with Gasteiger partial charge in [-0.15, -0.1) is 0 Å². The van der Waals surface area contributed by atoms with Gasteiger partial charge >= 0.3 is 0 Å². The van der Waals surface area contributed by atoms with Crippen molar-refractivity contribution >= 4 is 23.2 Å². The summed E-state index contributed by atoms with van der Waals surface area (Å²) in [6.45, 7) is 0. The monoisotopic (exact) mass is 172 g/mol. The summed E-state index contributed by atoms with van der Waals surface area (Å²) < 4.78 is 0. The number of rotatable bonds is 0. The minimum atomic E-state index is 0.398. The molecule has 3 heteroatoms. The van der Waals surface area contributed by atoms with Gasteiger partial charge in [-0.1, -0.05) is 23.2 Å². The van der Waals surface area contributed by atoms with E-state index in [4.69, 9.17) is 28.5 Å². The maximum absolute atomic E-state index is 8.43. The fraction of sp³-hybridized carbons (Fsp3) is 0. The number of hydrogen-bond donors (Lipinski definition) is 0. The predicted molar refractivity (Wildman–Crippen MR) is 41.2 cm³/mol. The van der Waals surface area contributed by atoms with E-state index in [1.165, 1.54) is 0 Å². The molecule has 0 heterocycles. The summed E-state index contributed by atoms with van der Waals surface area (Å²) in [5, 5.41) is 9.38. The van der Waals surface area contributed by atoms with E-state index in [2.05, 4.69) is 0 Å². The van der Waals surface area contributed by atoms with Gasteiger partial charge in [0.1, 0.15) is 6.07 Å². The molecule has 0 saturated heterocycles. The van der Waals surface area contributed by atoms with Crippen LogP contribution in [0.2, 0.25) is 10.0 Å². The molecule has 10 heavy (non-hydrogen) atoms. The lowest BCUT2D eigenvalue weighted by atomic mass is 10.3. The molecule has 0 aliphatic heterocycles. The Hall–Kier alpha value is -0.710. The van der Waals surface area contributed by atoms with Gasteiger partial charge in [0, 0.05) is 5.02 Å². The summed E-state index contributed by atoms with van der Waals surface area (Å²) in [6, 6.07) is 6.69. The van der Waals surface area contributed by atoms with E-state index in [0.29, 0.717) is 15.6 Å². The smallest absolute Gasteiger partial charge is 0.101 e. The predicted octanol–water partition coefficient (Wildman–Crippen LogP) is 2.87. The van der Waals surface area contributed by atoms with E-state index in [0.717, 1.165) is 0 Å². The zero-order valence-corrected chi connectivity index (χ0v) is 6.45. The van der Waals surface area contributed by atoms with Crippen LogP contribution in [-0.4, -0.2) is 0 Å². The highest BCUT2D eigenvalue weighted by atomic mass is 35.5. The third kappa shape index (κ3) is 1.41. The highest BCUT2D eigenvalue weighted by Crippen LogP contribution is 2.19. The lowest BCUT2D eigenvalue weighted by molar-refractivity contribution is 1.48. The van der Waals surface area contributed by atoms with E-state index in [1.807, 2.05) is 6.07 Å². The molecule has 1 rings (SSSR count). The van der Waals surface area contributed by atoms with E-state index in [-0.39, 0.29) is 0 Å². The average molecular weight is 173 g/mol. The first kappa shape index (κ1) is 7.40. The Morgan fingerprint density at radius 1 is 1.30 bits per heavy atom. The van der Waals surface area contributed by atoms with Crippen LogP contribution in [-0.2, 0) is 0 Å². The number of benzene rings is 1. The van der Waals surface area contributed by atoms with Gasteiger partial charge in [-0.3, -0.25) is 0 Å². The Morgan fingerprint density at radius 3 is 2.50 bits per heavy atom. The largest absolute Gasteiger partial charge is 0.192 e. The molecule has 0 aromatic heterocycles. The Balaban J connectivity index is 3.23. The molecule has 0 bridgehead atoms. The van der Waals surface area contributed by atoms with Gasteiger partial charge in [-0.05, 0) is 18.2 Å². The molecule has 0 radical (unpaired) electrons. The number of nitrogens with zero attached hydrogens (tertiary/aromatic N) is 1. The molecular formula is C7H3Cl2N. The van der Waals surface area contributed by atoms with Crippen LogP contribution in [0.5, 0.6) is 0 Å². The van der Waals surface area contributed by atoms with Gasteiger partial charge < -0.3 is 0 Å². The Morgan fingerprint density at radius 2 is 2.00 bits per heavy atom. The summed E-state index contributed by atoms with van der Waals surface area (Å²) in [5.41, 5.74) is 0.450. The number of halogens is 2. The lowest BCUT2D eigenvalue weighted by Gasteiger charge is -1.92. The van der Waals surface area contributed by atoms with Crippen LogP contribution in [0.3, 0.4) is 0 Å². The molecule has 0 unspecified atom stereocenters. The molecular weight excluding hydrogens is 170 g/mol. The highest BCUT2D eigenvalue weighted by molar-refractivity contribution is 6.35. The van der Waals surface area contributed by atoms with Crippen LogP contribution in [0.15, 0.2) is 18.2 Å². The molecule has 0 N–H and O–H groups in total. The van der Waals surface area contributed by atoms with E-state index < -0.39 is 0 Å². The lowest BCUT2D eigenvalue weighted by Crippen LogP contribution is -1.74. The molecule has 0 atom stereocenters. The maximum Gasteiger partial charge on any atom is 0.101 e. The van der Waals surface area contributed by atoms with E-state index in [9.17, 15) is 0 Å². The summed E-state index contributed by atoms with van der Waals surface area (Å²) >= 11 is 11.2. The topological polar surface area (TPSA) is 23.8 Å². The normalized spacial score (nSPS) is 8.90. The number of nitriles is 1. The van der Waals surface area contributed by atoms with Gasteiger partial charge in [0.15, 0.2) is 0 Å². The molecule has 1 aromatic rings. The summed E-state index contributed by atoms with van der Waals surface area (Å²) in [5.74, 6) is 0. The fourth-order valence-electron chi connectivity index (χ4n) is 0.580. The average Bonchev–Trinajstić information content (AvgIpc) is 1.88. The van der Waals surface area contributed by atoms with Crippen molar-refractivity contribution in [2.24, 2.45) is 0 Å². The minimum Gasteiger partial charge on any atom is -0.192 e. The van der Waals surface area contributed by atoms with Crippen molar-refractivity contribution in [3.05, 3.63) is 33.8 Å². The Labute approximate surface area is 68.8 Å². The summed E-state index contributed by atoms with van der Waals surface area (Å²) in [6.07, 6.45) is 0. The fourth-order valence-corrected chi connectivity index (χ4v) is 1.03. The maximum atomic E-state index is 8.43. The Kier molecular flexibility index (Phi) is 2.16. The van der Waals surface area contributed by atoms with Crippen molar-refractivity contribution in [2.75, 3.05) is 0 Å². The molecule has 1 nitrogen and oxygen atoms in total. The van der Waals surface area contributed by atoms with Crippen molar-refractivity contribution < 1.29 is 0 Å². The second-order valence-corrected chi connectivity index (χ2v) is 2.58. The molecule has 0 aliphatic carbocycles. The summed E-state index contributed by atoms with van der Waals surface area (Å²) in [4.78, 5) is 0. The SMILES string of the molecule is N#[13C]c1ccc(Cl)cc1Cl. The highest BCUT2D eigenvalue weighted by Gasteiger charge is 1.97. The van der Waals surface area contributed by atoms with Crippen LogP contribution in [0.4, 0.5) is 0 Å². The standard InChI is InChI=1S/C7H3Cl2N/c8-6-2-1-5(4-10)7(9)3-6/h1-3H/i4+1. The van der Waals surface area contributed by atoms with Gasteiger partial charge in [0.2, 0.25) is 0 Å². The first-order chi connectivity index (χ1) is 4.74. The third-order valence-electron chi connectivity index (χ3n) is 1.05. The van der Waals surface area contributed by atoms with Crippen molar-refractivity contribution in [1.82, 2.24) is 0 Å². The van der Waals surface area contributed by atoms with Gasteiger partial charge in [-0.2, -0.15) is 5.26 Å². The van der Waals surface area contributed by atoms with Crippen LogP contribution in [0.1, 0.15) is 5.56 Å². The van der Waals surface area contributed by atoms with Crippen LogP contribution in [0, 0.1) is 11.3 Å². The van der Waals surface area contributed by atoms with Crippen molar-refractivity contribution in [1.29, 1.82) is 5.26 Å². The van der Waals surface area contributed by atoms with Crippen molar-refractivity contribution in [2.45, 2.75) is 0 Å². The van der Waals surface area contributed by atoms with Gasteiger partial charge in [0.25, 0.3) is 0 Å². The minimum absolute atomic E-state index is 0.398. The molecule has 0 aliphatic rings. The molecule has 50 valence electrons. The molecule has 0 amide bonds. The van der Waals surface area contributed by atoms with E-state index >= 15 is 0 Å². The van der Waals surface area contributed by atoms with Crippen molar-refractivity contribution in [3.8, 4) is 6.07 Å². The van der Waals surface area contributed by atoms with Crippen molar-refractivity contribution in [3.63, 3.8) is 0 Å². The quantitative estimate of drug-likeness (QED) is 0.553. The van der Waals surface area contributed by atoms with Crippen LogP contribution < -0.4 is 0 Å². The molecule has 0 saturated carbocycles. The van der Waals surface area contributed by atoms with Crippen LogP contribution >= 0.6 is 23.2 Å². The Bertz CT molecular complexity index is 288. The zero-order chi connectivity index (χ0) is 7.56. The molecule has 1 aromatic carbocycles. The summed E-state index contributed by atoms with van der Waals surface area (Å²) in [7, 11) is 0. The van der Waals surface area contributed by atoms with E-state index in [1.54, 1.807) is 18.2 Å². The zero-order valence-electron chi connectivity index (χ0n) is 4.94. The number of hydrogen-bond acceptors (Lipinski definition) is 1. The first-order valence-corrected chi connectivity index (χ1v) is 3.35. The molecule has 0 spiro atoms. The van der Waals surface area contributed by atoms with Gasteiger partial charge in [-0.25, -0.2) is 0 Å². The second kappa shape index (κ2) is 2.92. The van der Waals surface area contributed by atoms with Gasteiger partial charge in [0.05, 0.1) is 10.6 Å². The molecule has 0 fully saturated rings. The first-order valence-electron chi connectivity index (χ1n) is 2.59. The second-order valence-electron chi connectivity index (χ2n) is 1.74. The third-order valence-corrected chi connectivity index (χ3v) is 1.60. The van der Waals surface area contributed by atoms with Crippen LogP contribution in [0.25, 0.3) is 0 Å².